The van der Waals surface area contributed by atoms with E-state index >= 15 is 0 Å². The Morgan fingerprint density at radius 3 is 3.00 bits per heavy atom. The van der Waals surface area contributed by atoms with Crippen molar-refractivity contribution >= 4 is 22.2 Å². The Balaban J connectivity index is 2.32. The minimum atomic E-state index is 0.0139. The minimum absolute atomic E-state index is 0.0139. The number of aldehydes is 1. The van der Waals surface area contributed by atoms with Gasteiger partial charge < -0.3 is 10.1 Å². The van der Waals surface area contributed by atoms with Gasteiger partial charge in [0, 0.05) is 6.04 Å². The van der Waals surface area contributed by atoms with Crippen LogP contribution in [0.3, 0.4) is 0 Å². The van der Waals surface area contributed by atoms with Crippen LogP contribution in [0.25, 0.3) is 0 Å². The van der Waals surface area contributed by atoms with Crippen LogP contribution in [-0.4, -0.2) is 23.7 Å². The summed E-state index contributed by atoms with van der Waals surface area (Å²) >= 11 is 3.27. The second-order valence-corrected chi connectivity index (χ2v) is 3.34. The van der Waals surface area contributed by atoms with Crippen LogP contribution in [-0.2, 0) is 4.79 Å². The van der Waals surface area contributed by atoms with Crippen molar-refractivity contribution in [2.24, 2.45) is 0 Å². The van der Waals surface area contributed by atoms with Crippen LogP contribution >= 0.6 is 15.9 Å². The topological polar surface area (TPSA) is 29.1 Å². The highest BCUT2D eigenvalue weighted by molar-refractivity contribution is 9.10. The molecule has 1 aliphatic heterocycles. The van der Waals surface area contributed by atoms with Gasteiger partial charge in [-0.1, -0.05) is 15.9 Å². The average molecular weight is 192 g/mol. The standard InChI is InChI=1S/C6H10BrNO/c7-5(4-9)6-2-1-3-8-6/h4-6,8H,1-3H2. The van der Waals surface area contributed by atoms with Gasteiger partial charge in [0.25, 0.3) is 0 Å². The third kappa shape index (κ3) is 1.76. The molecular weight excluding hydrogens is 182 g/mol. The first-order chi connectivity index (χ1) is 4.34. The summed E-state index contributed by atoms with van der Waals surface area (Å²) in [6.45, 7) is 1.06. The highest BCUT2D eigenvalue weighted by Gasteiger charge is 2.20. The summed E-state index contributed by atoms with van der Waals surface area (Å²) in [6, 6.07) is 0.377. The molecule has 0 aromatic rings. The van der Waals surface area contributed by atoms with Gasteiger partial charge in [0.15, 0.2) is 0 Å². The molecule has 0 saturated carbocycles. The van der Waals surface area contributed by atoms with E-state index in [-0.39, 0.29) is 4.83 Å². The monoisotopic (exact) mass is 191 g/mol. The Hall–Kier alpha value is 0.110. The van der Waals surface area contributed by atoms with Crippen LogP contribution in [0.2, 0.25) is 0 Å². The van der Waals surface area contributed by atoms with Crippen molar-refractivity contribution in [2.75, 3.05) is 6.54 Å². The van der Waals surface area contributed by atoms with E-state index in [2.05, 4.69) is 21.2 Å². The number of carbonyl (C=O) groups excluding carboxylic acids is 1. The Bertz CT molecular complexity index is 101. The zero-order valence-corrected chi connectivity index (χ0v) is 6.73. The molecular formula is C6H10BrNO. The van der Waals surface area contributed by atoms with E-state index in [9.17, 15) is 4.79 Å². The summed E-state index contributed by atoms with van der Waals surface area (Å²) in [5.41, 5.74) is 0. The number of nitrogens with one attached hydrogen (secondary N) is 1. The molecule has 0 spiro atoms. The van der Waals surface area contributed by atoms with Gasteiger partial charge in [-0.05, 0) is 19.4 Å². The molecule has 1 N–H and O–H groups in total. The van der Waals surface area contributed by atoms with E-state index in [1.54, 1.807) is 0 Å². The van der Waals surface area contributed by atoms with Crippen molar-refractivity contribution in [3.8, 4) is 0 Å². The van der Waals surface area contributed by atoms with Crippen LogP contribution in [0, 0.1) is 0 Å². The maximum atomic E-state index is 10.2. The predicted octanol–water partition coefficient (Wildman–Crippen LogP) is 0.701. The first-order valence-electron chi connectivity index (χ1n) is 3.17. The molecule has 1 fully saturated rings. The van der Waals surface area contributed by atoms with E-state index in [1.807, 2.05) is 0 Å². The van der Waals surface area contributed by atoms with Gasteiger partial charge in [0.2, 0.25) is 0 Å². The number of hydrogen-bond acceptors (Lipinski definition) is 2. The largest absolute Gasteiger partial charge is 0.312 e. The minimum Gasteiger partial charge on any atom is -0.312 e. The Morgan fingerprint density at radius 1 is 1.78 bits per heavy atom. The summed E-state index contributed by atoms with van der Waals surface area (Å²) in [6.07, 6.45) is 3.26. The molecule has 0 amide bonds. The molecule has 1 rings (SSSR count). The fourth-order valence-corrected chi connectivity index (χ4v) is 1.53. The SMILES string of the molecule is O=CC(Br)C1CCCN1. The average Bonchev–Trinajstić information content (AvgIpc) is 2.37. The van der Waals surface area contributed by atoms with Crippen LogP contribution < -0.4 is 5.32 Å². The first-order valence-corrected chi connectivity index (χ1v) is 4.09. The van der Waals surface area contributed by atoms with Crippen molar-refractivity contribution in [1.82, 2.24) is 5.32 Å². The lowest BCUT2D eigenvalue weighted by molar-refractivity contribution is -0.107. The van der Waals surface area contributed by atoms with Gasteiger partial charge >= 0.3 is 0 Å². The molecule has 1 heterocycles. The van der Waals surface area contributed by atoms with Crippen molar-refractivity contribution < 1.29 is 4.79 Å². The van der Waals surface area contributed by atoms with E-state index in [0.717, 1.165) is 19.3 Å². The predicted molar refractivity (Wildman–Crippen MR) is 39.8 cm³/mol. The van der Waals surface area contributed by atoms with Gasteiger partial charge in [-0.15, -0.1) is 0 Å². The Kier molecular flexibility index (Phi) is 2.66. The zero-order chi connectivity index (χ0) is 6.69. The van der Waals surface area contributed by atoms with Gasteiger partial charge in [0.05, 0.1) is 4.83 Å². The molecule has 2 unspecified atom stereocenters. The molecule has 2 atom stereocenters. The van der Waals surface area contributed by atoms with Crippen LogP contribution in [0.1, 0.15) is 12.8 Å². The van der Waals surface area contributed by atoms with E-state index in [0.29, 0.717) is 6.04 Å². The van der Waals surface area contributed by atoms with Gasteiger partial charge in [-0.3, -0.25) is 0 Å². The van der Waals surface area contributed by atoms with Crippen molar-refractivity contribution in [3.05, 3.63) is 0 Å². The molecule has 3 heteroatoms. The molecule has 0 radical (unpaired) electrons. The number of halogens is 1. The molecule has 9 heavy (non-hydrogen) atoms. The van der Waals surface area contributed by atoms with Crippen molar-refractivity contribution in [2.45, 2.75) is 23.7 Å². The molecule has 1 saturated heterocycles. The smallest absolute Gasteiger partial charge is 0.135 e. The summed E-state index contributed by atoms with van der Waals surface area (Å²) in [5.74, 6) is 0. The molecule has 2 nitrogen and oxygen atoms in total. The second-order valence-electron chi connectivity index (χ2n) is 2.28. The van der Waals surface area contributed by atoms with Crippen molar-refractivity contribution in [1.29, 1.82) is 0 Å². The summed E-state index contributed by atoms with van der Waals surface area (Å²) in [4.78, 5) is 10.2. The van der Waals surface area contributed by atoms with E-state index in [4.69, 9.17) is 0 Å². The fourth-order valence-electron chi connectivity index (χ4n) is 1.08. The lowest BCUT2D eigenvalue weighted by atomic mass is 10.2. The Labute approximate surface area is 63.1 Å². The summed E-state index contributed by atoms with van der Waals surface area (Å²) < 4.78 is 0. The molecule has 0 aromatic heterocycles. The van der Waals surface area contributed by atoms with Crippen LogP contribution in [0.4, 0.5) is 0 Å². The molecule has 1 aliphatic rings. The number of alkyl halides is 1. The number of rotatable bonds is 2. The van der Waals surface area contributed by atoms with Crippen molar-refractivity contribution in [3.63, 3.8) is 0 Å². The lowest BCUT2D eigenvalue weighted by Crippen LogP contribution is -2.31. The second kappa shape index (κ2) is 3.32. The highest BCUT2D eigenvalue weighted by Crippen LogP contribution is 2.13. The van der Waals surface area contributed by atoms with Gasteiger partial charge in [-0.2, -0.15) is 0 Å². The van der Waals surface area contributed by atoms with Crippen LogP contribution in [0.15, 0.2) is 0 Å². The molecule has 52 valence electrons. The molecule has 0 aromatic carbocycles. The van der Waals surface area contributed by atoms with E-state index < -0.39 is 0 Å². The maximum Gasteiger partial charge on any atom is 0.135 e. The normalized spacial score (nSPS) is 30.1. The lowest BCUT2D eigenvalue weighted by Gasteiger charge is -2.09. The van der Waals surface area contributed by atoms with Gasteiger partial charge in [-0.25, -0.2) is 0 Å². The Morgan fingerprint density at radius 2 is 2.56 bits per heavy atom. The third-order valence-electron chi connectivity index (χ3n) is 1.61. The zero-order valence-electron chi connectivity index (χ0n) is 5.14. The molecule has 0 aliphatic carbocycles. The summed E-state index contributed by atoms with van der Waals surface area (Å²) in [7, 11) is 0. The third-order valence-corrected chi connectivity index (χ3v) is 2.47. The van der Waals surface area contributed by atoms with E-state index in [1.165, 1.54) is 6.42 Å². The maximum absolute atomic E-state index is 10.2. The van der Waals surface area contributed by atoms with Crippen LogP contribution in [0.5, 0.6) is 0 Å². The summed E-state index contributed by atoms with van der Waals surface area (Å²) in [5, 5.41) is 3.23. The quantitative estimate of drug-likeness (QED) is 0.515. The molecule has 0 bridgehead atoms. The highest BCUT2D eigenvalue weighted by atomic mass is 79.9. The number of carbonyl (C=O) groups is 1. The van der Waals surface area contributed by atoms with Gasteiger partial charge in [0.1, 0.15) is 6.29 Å². The first kappa shape index (κ1) is 7.22. The fraction of sp³-hybridized carbons (Fsp3) is 0.833. The number of hydrogen-bond donors (Lipinski definition) is 1.